The molecule has 7 heteroatoms. The van der Waals surface area contributed by atoms with E-state index in [2.05, 4.69) is 5.32 Å². The van der Waals surface area contributed by atoms with Gasteiger partial charge in [0, 0.05) is 27.3 Å². The summed E-state index contributed by atoms with van der Waals surface area (Å²) in [7, 11) is 0. The largest absolute Gasteiger partial charge is 0.329 e. The number of nitrogens with zero attached hydrogens (tertiary/aromatic N) is 1. The van der Waals surface area contributed by atoms with Gasteiger partial charge in [0.05, 0.1) is 4.88 Å². The van der Waals surface area contributed by atoms with E-state index in [9.17, 15) is 14.0 Å². The van der Waals surface area contributed by atoms with Crippen LogP contribution in [0.25, 0.3) is 10.1 Å². The van der Waals surface area contributed by atoms with Gasteiger partial charge in [-0.15, -0.1) is 11.3 Å². The van der Waals surface area contributed by atoms with Crippen LogP contribution in [0.2, 0.25) is 5.02 Å². The van der Waals surface area contributed by atoms with E-state index in [1.807, 2.05) is 13.0 Å². The number of fused-ring (bicyclic) bond motifs is 1. The molecule has 0 unspecified atom stereocenters. The highest BCUT2D eigenvalue weighted by atomic mass is 35.5. The summed E-state index contributed by atoms with van der Waals surface area (Å²) >= 11 is 7.23. The number of halogens is 2. The first-order valence-corrected chi connectivity index (χ1v) is 10.0. The van der Waals surface area contributed by atoms with Crippen molar-refractivity contribution < 1.29 is 14.0 Å². The lowest BCUT2D eigenvalue weighted by molar-refractivity contribution is -0.116. The predicted octanol–water partition coefficient (Wildman–Crippen LogP) is 5.41. The van der Waals surface area contributed by atoms with Crippen LogP contribution in [0.5, 0.6) is 0 Å². The Bertz CT molecular complexity index is 1060. The average Bonchev–Trinajstić information content (AvgIpc) is 3.00. The summed E-state index contributed by atoms with van der Waals surface area (Å²) < 4.78 is 14.9. The maximum atomic E-state index is 14.1. The van der Waals surface area contributed by atoms with Crippen LogP contribution in [0.3, 0.4) is 0 Å². The zero-order valence-corrected chi connectivity index (χ0v) is 17.4. The number of likely N-dealkylation sites (N-methyl/N-ethyl adjacent to an activating group) is 1. The molecule has 0 saturated heterocycles. The number of anilines is 1. The molecule has 0 radical (unpaired) electrons. The number of benzene rings is 2. The van der Waals surface area contributed by atoms with Crippen molar-refractivity contribution >= 4 is 50.5 Å². The number of nitrogens with one attached hydrogen (secondary N) is 1. The normalized spacial score (nSPS) is 10.9. The number of aryl methyl sites for hydroxylation is 2. The number of thiophene rings is 1. The fraction of sp³-hybridized carbons (Fsp3) is 0.238. The van der Waals surface area contributed by atoms with E-state index in [-0.39, 0.29) is 24.2 Å². The number of amides is 2. The molecule has 4 nitrogen and oxygen atoms in total. The number of carbonyl (C=O) groups is 2. The molecule has 0 aliphatic carbocycles. The molecule has 0 aliphatic heterocycles. The van der Waals surface area contributed by atoms with Crippen LogP contribution in [0.15, 0.2) is 36.4 Å². The Morgan fingerprint density at radius 1 is 1.21 bits per heavy atom. The molecule has 0 aliphatic rings. The molecule has 28 heavy (non-hydrogen) atoms. The van der Waals surface area contributed by atoms with Crippen LogP contribution in [0.1, 0.15) is 27.7 Å². The molecular weight excluding hydrogens is 399 g/mol. The van der Waals surface area contributed by atoms with Gasteiger partial charge in [0.2, 0.25) is 5.91 Å². The van der Waals surface area contributed by atoms with Crippen molar-refractivity contribution in [1.82, 2.24) is 4.90 Å². The molecule has 0 spiro atoms. The minimum absolute atomic E-state index is 0.0997. The van der Waals surface area contributed by atoms with Gasteiger partial charge in [-0.05, 0) is 56.2 Å². The van der Waals surface area contributed by atoms with Crippen LogP contribution < -0.4 is 5.32 Å². The van der Waals surface area contributed by atoms with Gasteiger partial charge in [-0.3, -0.25) is 9.59 Å². The third kappa shape index (κ3) is 4.03. The van der Waals surface area contributed by atoms with Gasteiger partial charge in [0.15, 0.2) is 0 Å². The second-order valence-electron chi connectivity index (χ2n) is 6.50. The lowest BCUT2D eigenvalue weighted by Gasteiger charge is -2.20. The lowest BCUT2D eigenvalue weighted by atomic mass is 10.1. The van der Waals surface area contributed by atoms with Crippen LogP contribution in [0.4, 0.5) is 10.1 Å². The first-order valence-electron chi connectivity index (χ1n) is 8.84. The quantitative estimate of drug-likeness (QED) is 0.602. The van der Waals surface area contributed by atoms with E-state index >= 15 is 0 Å². The SMILES string of the molecule is CCN(CC(=O)Nc1cc(Cl)ccc1C)C(=O)c1sc2cccc(F)c2c1C. The Kier molecular flexibility index (Phi) is 6.01. The second kappa shape index (κ2) is 8.29. The zero-order chi connectivity index (χ0) is 20.4. The van der Waals surface area contributed by atoms with Crippen molar-refractivity contribution in [2.75, 3.05) is 18.4 Å². The van der Waals surface area contributed by atoms with Crippen molar-refractivity contribution in [2.24, 2.45) is 0 Å². The van der Waals surface area contributed by atoms with E-state index in [0.717, 1.165) is 10.3 Å². The molecule has 1 N–H and O–H groups in total. The Balaban J connectivity index is 1.80. The molecule has 2 aromatic carbocycles. The summed E-state index contributed by atoms with van der Waals surface area (Å²) in [5.74, 6) is -0.938. The molecule has 146 valence electrons. The highest BCUT2D eigenvalue weighted by Gasteiger charge is 2.23. The molecule has 0 saturated carbocycles. The molecule has 2 amide bonds. The molecule has 1 heterocycles. The van der Waals surface area contributed by atoms with Crippen LogP contribution >= 0.6 is 22.9 Å². The topological polar surface area (TPSA) is 49.4 Å². The standard InChI is InChI=1S/C21H20ClFN2O2S/c1-4-25(11-18(26)24-16-10-14(22)9-8-12(16)2)21(27)20-13(3)19-15(23)6-5-7-17(19)28-20/h5-10H,4,11H2,1-3H3,(H,24,26). The van der Waals surface area contributed by atoms with E-state index in [4.69, 9.17) is 11.6 Å². The van der Waals surface area contributed by atoms with E-state index < -0.39 is 0 Å². The van der Waals surface area contributed by atoms with Gasteiger partial charge in [-0.1, -0.05) is 23.7 Å². The molecule has 0 bridgehead atoms. The number of rotatable bonds is 5. The van der Waals surface area contributed by atoms with E-state index in [1.54, 1.807) is 38.1 Å². The summed E-state index contributed by atoms with van der Waals surface area (Å²) in [6.07, 6.45) is 0. The van der Waals surface area contributed by atoms with Crippen LogP contribution in [-0.2, 0) is 4.79 Å². The van der Waals surface area contributed by atoms with E-state index in [0.29, 0.717) is 33.1 Å². The van der Waals surface area contributed by atoms with Gasteiger partial charge in [-0.2, -0.15) is 0 Å². The number of hydrogen-bond donors (Lipinski definition) is 1. The Labute approximate surface area is 171 Å². The van der Waals surface area contributed by atoms with Gasteiger partial charge < -0.3 is 10.2 Å². The summed E-state index contributed by atoms with van der Waals surface area (Å²) in [6, 6.07) is 10.0. The van der Waals surface area contributed by atoms with Gasteiger partial charge in [0.1, 0.15) is 12.4 Å². The monoisotopic (exact) mass is 418 g/mol. The fourth-order valence-electron chi connectivity index (χ4n) is 3.02. The highest BCUT2D eigenvalue weighted by molar-refractivity contribution is 7.21. The maximum absolute atomic E-state index is 14.1. The molecule has 1 aromatic heterocycles. The summed E-state index contributed by atoms with van der Waals surface area (Å²) in [5.41, 5.74) is 2.09. The Morgan fingerprint density at radius 2 is 1.96 bits per heavy atom. The zero-order valence-electron chi connectivity index (χ0n) is 15.8. The number of carbonyl (C=O) groups excluding carboxylic acids is 2. The lowest BCUT2D eigenvalue weighted by Crippen LogP contribution is -2.37. The highest BCUT2D eigenvalue weighted by Crippen LogP contribution is 2.33. The maximum Gasteiger partial charge on any atom is 0.264 e. The van der Waals surface area contributed by atoms with Crippen molar-refractivity contribution in [3.8, 4) is 0 Å². The van der Waals surface area contributed by atoms with Crippen LogP contribution in [-0.4, -0.2) is 29.8 Å². The summed E-state index contributed by atoms with van der Waals surface area (Å²) in [4.78, 5) is 27.4. The van der Waals surface area contributed by atoms with Crippen molar-refractivity contribution in [3.05, 3.63) is 63.2 Å². The molecule has 3 aromatic rings. The minimum Gasteiger partial charge on any atom is -0.329 e. The molecule has 3 rings (SSSR count). The fourth-order valence-corrected chi connectivity index (χ4v) is 4.38. The predicted molar refractivity (Wildman–Crippen MR) is 113 cm³/mol. The first-order chi connectivity index (χ1) is 13.3. The van der Waals surface area contributed by atoms with Crippen molar-refractivity contribution in [1.29, 1.82) is 0 Å². The first kappa shape index (κ1) is 20.3. The second-order valence-corrected chi connectivity index (χ2v) is 7.98. The van der Waals surface area contributed by atoms with Crippen molar-refractivity contribution in [2.45, 2.75) is 20.8 Å². The average molecular weight is 419 g/mol. The van der Waals surface area contributed by atoms with Gasteiger partial charge in [-0.25, -0.2) is 4.39 Å². The summed E-state index contributed by atoms with van der Waals surface area (Å²) in [6.45, 7) is 5.66. The Morgan fingerprint density at radius 3 is 2.64 bits per heavy atom. The van der Waals surface area contributed by atoms with Gasteiger partial charge >= 0.3 is 0 Å². The van der Waals surface area contributed by atoms with Crippen LogP contribution in [0, 0.1) is 19.7 Å². The van der Waals surface area contributed by atoms with Gasteiger partial charge in [0.25, 0.3) is 5.91 Å². The number of hydrogen-bond acceptors (Lipinski definition) is 3. The van der Waals surface area contributed by atoms with E-state index in [1.165, 1.54) is 22.3 Å². The third-order valence-corrected chi connectivity index (χ3v) is 6.05. The third-order valence-electron chi connectivity index (χ3n) is 4.57. The van der Waals surface area contributed by atoms with Crippen molar-refractivity contribution in [3.63, 3.8) is 0 Å². The Hall–Kier alpha value is -2.44. The molecular formula is C21H20ClFN2O2S. The molecule has 0 atom stereocenters. The minimum atomic E-state index is -0.345. The molecule has 0 fully saturated rings. The smallest absolute Gasteiger partial charge is 0.264 e. The summed E-state index contributed by atoms with van der Waals surface area (Å²) in [5, 5.41) is 3.78.